The second-order valence-corrected chi connectivity index (χ2v) is 3.79. The van der Waals surface area contributed by atoms with Gasteiger partial charge in [-0.1, -0.05) is 30.3 Å². The van der Waals surface area contributed by atoms with Crippen molar-refractivity contribution in [1.29, 1.82) is 0 Å². The average molecular weight is 201 g/mol. The molecule has 2 rings (SSSR count). The summed E-state index contributed by atoms with van der Waals surface area (Å²) in [5.74, 6) is 0.345. The third kappa shape index (κ3) is 2.13. The second-order valence-electron chi connectivity index (χ2n) is 3.79. The first-order valence-electron chi connectivity index (χ1n) is 5.17. The SMILES string of the molecule is CC1=NN=C(c2ccccc2)CC1CN. The molecule has 0 aliphatic carbocycles. The van der Waals surface area contributed by atoms with Crippen LogP contribution in [0.25, 0.3) is 0 Å². The van der Waals surface area contributed by atoms with Crippen LogP contribution in [0.5, 0.6) is 0 Å². The van der Waals surface area contributed by atoms with Gasteiger partial charge in [-0.25, -0.2) is 0 Å². The molecule has 1 unspecified atom stereocenters. The van der Waals surface area contributed by atoms with Crippen LogP contribution in [0.2, 0.25) is 0 Å². The molecule has 0 radical (unpaired) electrons. The molecule has 0 saturated heterocycles. The summed E-state index contributed by atoms with van der Waals surface area (Å²) in [5.41, 5.74) is 8.92. The highest BCUT2D eigenvalue weighted by atomic mass is 15.2. The van der Waals surface area contributed by atoms with Gasteiger partial charge in [0.2, 0.25) is 0 Å². The maximum Gasteiger partial charge on any atom is 0.0709 e. The van der Waals surface area contributed by atoms with Gasteiger partial charge in [-0.05, 0) is 12.5 Å². The first-order chi connectivity index (χ1) is 7.31. The highest BCUT2D eigenvalue weighted by Gasteiger charge is 2.18. The Morgan fingerprint density at radius 2 is 2.00 bits per heavy atom. The van der Waals surface area contributed by atoms with Gasteiger partial charge in [0.25, 0.3) is 0 Å². The van der Waals surface area contributed by atoms with E-state index in [9.17, 15) is 0 Å². The Kier molecular flexibility index (Phi) is 2.92. The Morgan fingerprint density at radius 1 is 1.27 bits per heavy atom. The molecular formula is C12H15N3. The monoisotopic (exact) mass is 201 g/mol. The van der Waals surface area contributed by atoms with E-state index in [-0.39, 0.29) is 0 Å². The standard InChI is InChI=1S/C12H15N3/c1-9-11(8-13)7-12(15-14-9)10-5-3-2-4-6-10/h2-6,11H,7-8,13H2,1H3. The van der Waals surface area contributed by atoms with Gasteiger partial charge in [0.05, 0.1) is 5.71 Å². The third-order valence-electron chi connectivity index (χ3n) is 2.75. The molecule has 0 aromatic heterocycles. The van der Waals surface area contributed by atoms with E-state index in [2.05, 4.69) is 22.3 Å². The smallest absolute Gasteiger partial charge is 0.0709 e. The van der Waals surface area contributed by atoms with Crippen LogP contribution in [0.1, 0.15) is 18.9 Å². The summed E-state index contributed by atoms with van der Waals surface area (Å²) in [7, 11) is 0. The van der Waals surface area contributed by atoms with Crippen molar-refractivity contribution < 1.29 is 0 Å². The fourth-order valence-electron chi connectivity index (χ4n) is 1.70. The van der Waals surface area contributed by atoms with Crippen molar-refractivity contribution in [3.8, 4) is 0 Å². The van der Waals surface area contributed by atoms with Crippen molar-refractivity contribution in [2.24, 2.45) is 21.9 Å². The maximum atomic E-state index is 5.70. The molecule has 0 spiro atoms. The summed E-state index contributed by atoms with van der Waals surface area (Å²) in [4.78, 5) is 0. The fraction of sp³-hybridized carbons (Fsp3) is 0.333. The molecule has 0 saturated carbocycles. The van der Waals surface area contributed by atoms with Crippen LogP contribution in [0.15, 0.2) is 40.5 Å². The lowest BCUT2D eigenvalue weighted by molar-refractivity contribution is 0.713. The van der Waals surface area contributed by atoms with Gasteiger partial charge >= 0.3 is 0 Å². The van der Waals surface area contributed by atoms with Crippen LogP contribution in [0, 0.1) is 5.92 Å². The summed E-state index contributed by atoms with van der Waals surface area (Å²) < 4.78 is 0. The van der Waals surface area contributed by atoms with E-state index < -0.39 is 0 Å². The van der Waals surface area contributed by atoms with Gasteiger partial charge in [0.15, 0.2) is 0 Å². The van der Waals surface area contributed by atoms with Crippen LogP contribution in [0.3, 0.4) is 0 Å². The van der Waals surface area contributed by atoms with Gasteiger partial charge in [-0.15, -0.1) is 0 Å². The van der Waals surface area contributed by atoms with Crippen molar-refractivity contribution in [2.75, 3.05) is 6.54 Å². The predicted molar refractivity (Wildman–Crippen MR) is 63.2 cm³/mol. The highest BCUT2D eigenvalue weighted by Crippen LogP contribution is 2.16. The minimum Gasteiger partial charge on any atom is -0.330 e. The normalized spacial score (nSPS) is 20.8. The van der Waals surface area contributed by atoms with Gasteiger partial charge < -0.3 is 5.73 Å². The zero-order valence-corrected chi connectivity index (χ0v) is 8.85. The lowest BCUT2D eigenvalue weighted by Crippen LogP contribution is -2.27. The van der Waals surface area contributed by atoms with Crippen molar-refractivity contribution >= 4 is 11.4 Å². The molecule has 1 atom stereocenters. The zero-order valence-electron chi connectivity index (χ0n) is 8.85. The summed E-state index contributed by atoms with van der Waals surface area (Å²) in [5, 5.41) is 8.39. The second kappa shape index (κ2) is 4.36. The van der Waals surface area contributed by atoms with Gasteiger partial charge in [-0.2, -0.15) is 10.2 Å². The number of hydrogen-bond donors (Lipinski definition) is 1. The van der Waals surface area contributed by atoms with E-state index in [1.54, 1.807) is 0 Å². The largest absolute Gasteiger partial charge is 0.330 e. The van der Waals surface area contributed by atoms with Crippen LogP contribution < -0.4 is 5.73 Å². The van der Waals surface area contributed by atoms with Crippen LogP contribution >= 0.6 is 0 Å². The van der Waals surface area contributed by atoms with Crippen molar-refractivity contribution in [2.45, 2.75) is 13.3 Å². The number of rotatable bonds is 2. The fourth-order valence-corrected chi connectivity index (χ4v) is 1.70. The summed E-state index contributed by atoms with van der Waals surface area (Å²) >= 11 is 0. The molecule has 0 bridgehead atoms. The van der Waals surface area contributed by atoms with E-state index in [1.165, 1.54) is 0 Å². The molecule has 1 aliphatic rings. The Morgan fingerprint density at radius 3 is 2.67 bits per heavy atom. The van der Waals surface area contributed by atoms with Crippen molar-refractivity contribution in [1.82, 2.24) is 0 Å². The lowest BCUT2D eigenvalue weighted by atomic mass is 9.93. The van der Waals surface area contributed by atoms with E-state index in [0.29, 0.717) is 12.5 Å². The zero-order chi connectivity index (χ0) is 10.7. The summed E-state index contributed by atoms with van der Waals surface area (Å²) in [6.45, 7) is 2.63. The molecule has 1 aromatic carbocycles. The highest BCUT2D eigenvalue weighted by molar-refractivity contribution is 6.05. The van der Waals surface area contributed by atoms with E-state index in [1.807, 2.05) is 25.1 Å². The third-order valence-corrected chi connectivity index (χ3v) is 2.75. The van der Waals surface area contributed by atoms with Crippen molar-refractivity contribution in [3.63, 3.8) is 0 Å². The molecule has 1 aliphatic heterocycles. The van der Waals surface area contributed by atoms with Crippen LogP contribution in [0.4, 0.5) is 0 Å². The lowest BCUT2D eigenvalue weighted by Gasteiger charge is -2.18. The van der Waals surface area contributed by atoms with E-state index in [4.69, 9.17) is 5.73 Å². The molecular weight excluding hydrogens is 186 g/mol. The maximum absolute atomic E-state index is 5.70. The molecule has 0 fully saturated rings. The number of nitrogens with zero attached hydrogens (tertiary/aromatic N) is 2. The molecule has 3 heteroatoms. The molecule has 2 N–H and O–H groups in total. The molecule has 78 valence electrons. The quantitative estimate of drug-likeness (QED) is 0.779. The number of hydrogen-bond acceptors (Lipinski definition) is 3. The molecule has 15 heavy (non-hydrogen) atoms. The Bertz CT molecular complexity index is 393. The molecule has 1 heterocycles. The number of benzene rings is 1. The molecule has 0 amide bonds. The molecule has 3 nitrogen and oxygen atoms in total. The predicted octanol–water partition coefficient (Wildman–Crippen LogP) is 1.83. The van der Waals surface area contributed by atoms with E-state index in [0.717, 1.165) is 23.4 Å². The van der Waals surface area contributed by atoms with E-state index >= 15 is 0 Å². The minimum atomic E-state index is 0.345. The molecule has 1 aromatic rings. The van der Waals surface area contributed by atoms with Crippen LogP contribution in [-0.4, -0.2) is 18.0 Å². The minimum absolute atomic E-state index is 0.345. The first kappa shape index (κ1) is 10.1. The Balaban J connectivity index is 2.26. The first-order valence-corrected chi connectivity index (χ1v) is 5.17. The van der Waals surface area contributed by atoms with Crippen molar-refractivity contribution in [3.05, 3.63) is 35.9 Å². The van der Waals surface area contributed by atoms with Crippen LogP contribution in [-0.2, 0) is 0 Å². The topological polar surface area (TPSA) is 50.7 Å². The average Bonchev–Trinajstić information content (AvgIpc) is 2.31. The summed E-state index contributed by atoms with van der Waals surface area (Å²) in [6, 6.07) is 10.1. The number of nitrogens with two attached hydrogens (primary N) is 1. The Labute approximate surface area is 89.7 Å². The Hall–Kier alpha value is -1.48. The van der Waals surface area contributed by atoms with Gasteiger partial charge in [0, 0.05) is 24.6 Å². The van der Waals surface area contributed by atoms with Gasteiger partial charge in [0.1, 0.15) is 0 Å². The summed E-state index contributed by atoms with van der Waals surface area (Å²) in [6.07, 6.45) is 0.899. The van der Waals surface area contributed by atoms with Gasteiger partial charge in [-0.3, -0.25) is 0 Å².